The van der Waals surface area contributed by atoms with Gasteiger partial charge in [0.15, 0.2) is 0 Å². The topological polar surface area (TPSA) is 86.5 Å². The number of anilines is 1. The van der Waals surface area contributed by atoms with E-state index in [-0.39, 0.29) is 24.7 Å². The van der Waals surface area contributed by atoms with Crippen molar-refractivity contribution in [1.29, 1.82) is 0 Å². The van der Waals surface area contributed by atoms with Crippen molar-refractivity contribution in [3.63, 3.8) is 0 Å². The van der Waals surface area contributed by atoms with E-state index in [4.69, 9.17) is 15.2 Å². The summed E-state index contributed by atoms with van der Waals surface area (Å²) >= 11 is 0. The number of ether oxygens (including phenoxy) is 2. The van der Waals surface area contributed by atoms with Gasteiger partial charge in [-0.25, -0.2) is 13.8 Å². The molecule has 2 bridgehead atoms. The van der Waals surface area contributed by atoms with E-state index < -0.39 is 11.6 Å². The van der Waals surface area contributed by atoms with Gasteiger partial charge in [-0.1, -0.05) is 18.2 Å². The summed E-state index contributed by atoms with van der Waals surface area (Å²) in [5, 5.41) is 2.94. The second-order valence-corrected chi connectivity index (χ2v) is 9.20. The zero-order chi connectivity index (χ0) is 25.8. The molecule has 2 aliphatic heterocycles. The highest BCUT2D eigenvalue weighted by molar-refractivity contribution is 5.94. The maximum Gasteiger partial charge on any atom is 0.251 e. The first-order valence-corrected chi connectivity index (χ1v) is 11.8. The number of aromatic nitrogens is 1. The number of carbonyl (C=O) groups excluding carboxylic acids is 1. The highest BCUT2D eigenvalue weighted by Crippen LogP contribution is 2.54. The first kappa shape index (κ1) is 23.1. The van der Waals surface area contributed by atoms with Crippen LogP contribution in [-0.4, -0.2) is 18.0 Å². The zero-order valence-electron chi connectivity index (χ0n) is 20.1. The molecule has 0 radical (unpaired) electrons. The third kappa shape index (κ3) is 3.81. The molecule has 1 amide bonds. The van der Waals surface area contributed by atoms with Crippen LogP contribution in [0.15, 0.2) is 60.7 Å². The van der Waals surface area contributed by atoms with Gasteiger partial charge in [0.1, 0.15) is 35.4 Å². The summed E-state index contributed by atoms with van der Waals surface area (Å²) in [4.78, 5) is 17.3. The molecule has 0 aliphatic carbocycles. The van der Waals surface area contributed by atoms with Crippen molar-refractivity contribution in [3.05, 3.63) is 111 Å². The van der Waals surface area contributed by atoms with Crippen molar-refractivity contribution >= 4 is 11.7 Å². The Morgan fingerprint density at radius 2 is 1.73 bits per heavy atom. The summed E-state index contributed by atoms with van der Waals surface area (Å²) in [6, 6.07) is 16.4. The van der Waals surface area contributed by atoms with E-state index in [2.05, 4.69) is 10.3 Å². The summed E-state index contributed by atoms with van der Waals surface area (Å²) in [6.07, 6.45) is -0.609. The predicted molar refractivity (Wildman–Crippen MR) is 134 cm³/mol. The Labute approximate surface area is 212 Å². The van der Waals surface area contributed by atoms with Crippen LogP contribution in [-0.2, 0) is 11.3 Å². The monoisotopic (exact) mass is 499 g/mol. The van der Waals surface area contributed by atoms with Crippen molar-refractivity contribution < 1.29 is 23.0 Å². The van der Waals surface area contributed by atoms with Gasteiger partial charge in [-0.3, -0.25) is 4.79 Å². The summed E-state index contributed by atoms with van der Waals surface area (Å²) in [5.41, 5.74) is 12.6. The maximum absolute atomic E-state index is 14.4. The number of amides is 1. The molecule has 6 nitrogen and oxygen atoms in total. The van der Waals surface area contributed by atoms with Gasteiger partial charge >= 0.3 is 0 Å². The lowest BCUT2D eigenvalue weighted by Gasteiger charge is -2.18. The van der Waals surface area contributed by atoms with Crippen LogP contribution in [0.4, 0.5) is 14.6 Å². The lowest BCUT2D eigenvalue weighted by Crippen LogP contribution is -2.24. The van der Waals surface area contributed by atoms with Crippen LogP contribution in [0.2, 0.25) is 0 Å². The molecule has 0 spiro atoms. The zero-order valence-corrected chi connectivity index (χ0v) is 20.1. The minimum Gasteiger partial charge on any atom is -0.496 e. The third-order valence-corrected chi connectivity index (χ3v) is 7.04. The number of rotatable bonds is 5. The van der Waals surface area contributed by atoms with Crippen molar-refractivity contribution in [2.45, 2.75) is 25.7 Å². The number of nitrogens with zero attached hydrogens (tertiary/aromatic N) is 1. The molecular formula is C29H23F2N3O3. The molecule has 0 fully saturated rings. The van der Waals surface area contributed by atoms with Gasteiger partial charge in [0.25, 0.3) is 5.91 Å². The van der Waals surface area contributed by atoms with Crippen molar-refractivity contribution in [1.82, 2.24) is 10.3 Å². The molecule has 0 saturated heterocycles. The summed E-state index contributed by atoms with van der Waals surface area (Å²) < 4.78 is 39.4. The van der Waals surface area contributed by atoms with E-state index in [0.29, 0.717) is 34.0 Å². The molecule has 0 saturated carbocycles. The van der Waals surface area contributed by atoms with Gasteiger partial charge in [-0.05, 0) is 65.1 Å². The lowest BCUT2D eigenvalue weighted by atomic mass is 9.83. The number of fused-ring (bicyclic) bond motifs is 8. The number of hydrogen-bond donors (Lipinski definition) is 2. The number of nitrogens with two attached hydrogens (primary N) is 1. The molecule has 186 valence electrons. The number of nitrogens with one attached hydrogen (secondary N) is 1. The Balaban J connectivity index is 1.24. The highest BCUT2D eigenvalue weighted by Gasteiger charge is 2.43. The van der Waals surface area contributed by atoms with Crippen LogP contribution in [0, 0.1) is 18.6 Å². The first-order chi connectivity index (χ1) is 17.8. The minimum absolute atomic E-state index is 0.230. The van der Waals surface area contributed by atoms with Crippen LogP contribution in [0.3, 0.4) is 0 Å². The number of carbonyl (C=O) groups is 1. The second kappa shape index (κ2) is 8.67. The van der Waals surface area contributed by atoms with Crippen LogP contribution >= 0.6 is 0 Å². The van der Waals surface area contributed by atoms with Crippen molar-refractivity contribution in [2.24, 2.45) is 0 Å². The van der Waals surface area contributed by atoms with Crippen LogP contribution in [0.5, 0.6) is 5.75 Å². The van der Waals surface area contributed by atoms with E-state index in [1.807, 2.05) is 37.3 Å². The average Bonchev–Trinajstić information content (AvgIpc) is 3.44. The smallest absolute Gasteiger partial charge is 0.251 e. The maximum atomic E-state index is 14.4. The molecule has 4 aromatic rings. The van der Waals surface area contributed by atoms with Gasteiger partial charge in [0, 0.05) is 41.1 Å². The second-order valence-electron chi connectivity index (χ2n) is 9.20. The van der Waals surface area contributed by atoms with Gasteiger partial charge in [-0.2, -0.15) is 0 Å². The predicted octanol–water partition coefficient (Wildman–Crippen LogP) is 5.38. The number of hydrogen-bond acceptors (Lipinski definition) is 5. The van der Waals surface area contributed by atoms with E-state index in [1.165, 1.54) is 12.1 Å². The summed E-state index contributed by atoms with van der Waals surface area (Å²) in [6.45, 7) is 2.06. The Hall–Kier alpha value is -4.30. The summed E-state index contributed by atoms with van der Waals surface area (Å²) in [7, 11) is 1.55. The number of methoxy groups -OCH3 is 1. The Bertz CT molecular complexity index is 1590. The largest absolute Gasteiger partial charge is 0.496 e. The Morgan fingerprint density at radius 1 is 1.00 bits per heavy atom. The van der Waals surface area contributed by atoms with Gasteiger partial charge in [0.05, 0.1) is 7.11 Å². The number of pyridine rings is 1. The molecule has 0 unspecified atom stereocenters. The van der Waals surface area contributed by atoms with Gasteiger partial charge in [-0.15, -0.1) is 0 Å². The Morgan fingerprint density at radius 3 is 2.46 bits per heavy atom. The van der Waals surface area contributed by atoms with Crippen LogP contribution in [0.1, 0.15) is 56.1 Å². The fourth-order valence-corrected chi connectivity index (χ4v) is 5.24. The molecule has 2 aliphatic rings. The first-order valence-electron chi connectivity index (χ1n) is 11.8. The molecule has 3 N–H and O–H groups in total. The molecule has 37 heavy (non-hydrogen) atoms. The number of nitrogen functional groups attached to an aromatic ring is 1. The average molecular weight is 500 g/mol. The van der Waals surface area contributed by atoms with E-state index in [9.17, 15) is 13.6 Å². The number of benzene rings is 3. The fourth-order valence-electron chi connectivity index (χ4n) is 5.24. The molecule has 6 rings (SSSR count). The molecule has 3 aromatic carbocycles. The van der Waals surface area contributed by atoms with Gasteiger partial charge < -0.3 is 20.5 Å². The quantitative estimate of drug-likeness (QED) is 0.385. The highest BCUT2D eigenvalue weighted by atomic mass is 19.1. The lowest BCUT2D eigenvalue weighted by molar-refractivity contribution is 0.0857. The fraction of sp³-hybridized carbons (Fsp3) is 0.172. The minimum atomic E-state index is -0.613. The van der Waals surface area contributed by atoms with Crippen LogP contribution < -0.4 is 15.8 Å². The van der Waals surface area contributed by atoms with Gasteiger partial charge in [0.2, 0.25) is 0 Å². The van der Waals surface area contributed by atoms with Crippen LogP contribution in [0.25, 0.3) is 11.1 Å². The Kier molecular flexibility index (Phi) is 5.42. The van der Waals surface area contributed by atoms with Crippen molar-refractivity contribution in [3.8, 4) is 16.9 Å². The van der Waals surface area contributed by atoms with Crippen molar-refractivity contribution in [2.75, 3.05) is 12.8 Å². The molecule has 1 aromatic heterocycles. The van der Waals surface area contributed by atoms with E-state index in [0.717, 1.165) is 33.9 Å². The SMILES string of the molecule is COc1cc(N)nc(C)c1CNC(=O)c1ccc2c(c1)[C@@H]1O[C@H]2c2cc(-c3ccc(F)cc3F)ccc21. The molecular weight excluding hydrogens is 476 g/mol. The normalized spacial score (nSPS) is 16.9. The molecule has 3 heterocycles. The molecule has 2 atom stereocenters. The van der Waals surface area contributed by atoms with E-state index >= 15 is 0 Å². The number of halogens is 2. The van der Waals surface area contributed by atoms with E-state index in [1.54, 1.807) is 19.2 Å². The molecule has 8 heteroatoms. The standard InChI is InChI=1S/C29H23F2N3O3/c1-14-23(25(36-2)12-26(32)34-14)13-33-29(35)16-4-7-20-22(10-16)28-19-6-3-15(9-21(19)27(20)37-28)18-8-5-17(30)11-24(18)31/h3-12,27-28H,13H2,1-2H3,(H2,32,34)(H,33,35)/t27-,28-/m1/s1. The third-order valence-electron chi connectivity index (χ3n) is 7.04. The number of aryl methyl sites for hydroxylation is 1. The summed E-state index contributed by atoms with van der Waals surface area (Å²) in [5.74, 6) is -0.526.